The predicted molar refractivity (Wildman–Crippen MR) is 156 cm³/mol. The first kappa shape index (κ1) is 28.2. The first-order valence-corrected chi connectivity index (χ1v) is 13.0. The Balaban J connectivity index is 1.45. The molecule has 1 fully saturated rings. The van der Waals surface area contributed by atoms with Crippen LogP contribution in [0.2, 0.25) is 5.02 Å². The molecule has 1 aliphatic rings. The van der Waals surface area contributed by atoms with Crippen molar-refractivity contribution in [2.24, 2.45) is 0 Å². The van der Waals surface area contributed by atoms with Gasteiger partial charge in [0, 0.05) is 62.3 Å². The molecule has 0 atom stereocenters. The highest BCUT2D eigenvalue weighted by Crippen LogP contribution is 2.34. The lowest BCUT2D eigenvalue weighted by atomic mass is 10.2. The molecular formula is C28H34ClN7O3. The highest BCUT2D eigenvalue weighted by molar-refractivity contribution is 6.31. The molecule has 11 heteroatoms. The van der Waals surface area contributed by atoms with Gasteiger partial charge in [-0.3, -0.25) is 4.79 Å². The van der Waals surface area contributed by atoms with Crippen LogP contribution < -0.4 is 25.0 Å². The lowest BCUT2D eigenvalue weighted by Gasteiger charge is -2.34. The molecule has 0 spiro atoms. The quantitative estimate of drug-likeness (QED) is 0.353. The fourth-order valence-corrected chi connectivity index (χ4v) is 4.08. The number of piperazine rings is 1. The van der Waals surface area contributed by atoms with E-state index in [-0.39, 0.29) is 16.8 Å². The zero-order chi connectivity index (χ0) is 27.8. The Hall–Kier alpha value is -3.86. The van der Waals surface area contributed by atoms with Crippen LogP contribution in [0.5, 0.6) is 17.4 Å². The minimum Gasteiger partial charge on any atom is -0.494 e. The van der Waals surface area contributed by atoms with Crippen LogP contribution in [-0.4, -0.2) is 86.7 Å². The van der Waals surface area contributed by atoms with Gasteiger partial charge < -0.3 is 34.8 Å². The van der Waals surface area contributed by atoms with Gasteiger partial charge in [0.05, 0.1) is 19.0 Å². The minimum absolute atomic E-state index is 0.177. The summed E-state index contributed by atoms with van der Waals surface area (Å²) in [6.45, 7) is 4.64. The van der Waals surface area contributed by atoms with E-state index in [4.69, 9.17) is 21.1 Å². The summed E-state index contributed by atoms with van der Waals surface area (Å²) >= 11 is 6.34. The molecule has 4 rings (SSSR count). The molecule has 2 aromatic carbocycles. The van der Waals surface area contributed by atoms with E-state index in [0.29, 0.717) is 29.7 Å². The second-order valence-electron chi connectivity index (χ2n) is 9.43. The van der Waals surface area contributed by atoms with E-state index in [2.05, 4.69) is 43.5 Å². The fourth-order valence-electron chi connectivity index (χ4n) is 3.95. The highest BCUT2D eigenvalue weighted by atomic mass is 35.5. The number of nitrogens with zero attached hydrogens (tertiary/aromatic N) is 5. The normalized spacial score (nSPS) is 14.1. The van der Waals surface area contributed by atoms with Crippen molar-refractivity contribution in [1.82, 2.24) is 19.8 Å². The molecule has 206 valence electrons. The van der Waals surface area contributed by atoms with Gasteiger partial charge in [0.25, 0.3) is 0 Å². The minimum atomic E-state index is -0.229. The van der Waals surface area contributed by atoms with E-state index in [1.54, 1.807) is 37.5 Å². The fraction of sp³-hybridized carbons (Fsp3) is 0.321. The SMILES string of the molecule is COc1cc(N2CCN(C)CC2)ccc1Nc1ncc(Cl)c(Oc2cccc(NC(=O)/C=C/CN(C)C)c2)n1. The summed E-state index contributed by atoms with van der Waals surface area (Å²) in [6.07, 6.45) is 4.76. The van der Waals surface area contributed by atoms with Crippen molar-refractivity contribution in [2.45, 2.75) is 0 Å². The van der Waals surface area contributed by atoms with Crippen molar-refractivity contribution in [3.05, 3.63) is 65.8 Å². The summed E-state index contributed by atoms with van der Waals surface area (Å²) < 4.78 is 11.6. The molecule has 2 heterocycles. The maximum Gasteiger partial charge on any atom is 0.248 e. The smallest absolute Gasteiger partial charge is 0.248 e. The third kappa shape index (κ3) is 8.06. The van der Waals surface area contributed by atoms with Gasteiger partial charge in [0.15, 0.2) is 0 Å². The van der Waals surface area contributed by atoms with E-state index in [1.165, 1.54) is 12.3 Å². The van der Waals surface area contributed by atoms with Crippen molar-refractivity contribution in [3.8, 4) is 17.4 Å². The maximum atomic E-state index is 12.2. The Bertz CT molecular complexity index is 1310. The van der Waals surface area contributed by atoms with E-state index >= 15 is 0 Å². The van der Waals surface area contributed by atoms with E-state index in [1.807, 2.05) is 31.1 Å². The highest BCUT2D eigenvalue weighted by Gasteiger charge is 2.17. The molecular weight excluding hydrogens is 518 g/mol. The first-order chi connectivity index (χ1) is 18.8. The molecule has 10 nitrogen and oxygen atoms in total. The van der Waals surface area contributed by atoms with Gasteiger partial charge in [-0.15, -0.1) is 0 Å². The van der Waals surface area contributed by atoms with Crippen LogP contribution in [0, 0.1) is 0 Å². The maximum absolute atomic E-state index is 12.2. The summed E-state index contributed by atoms with van der Waals surface area (Å²) in [6, 6.07) is 13.0. The number of likely N-dealkylation sites (N-methyl/N-ethyl adjacent to an activating group) is 2. The standard InChI is InChI=1S/C28H34ClN7O3/c1-34(2)12-6-9-26(37)31-20-7-5-8-22(17-20)39-27-23(29)19-30-28(33-27)32-24-11-10-21(18-25(24)38-4)36-15-13-35(3)14-16-36/h5-11,17-19H,12-16H2,1-4H3,(H,31,37)(H,30,32,33)/b9-6+. The molecule has 1 amide bonds. The number of rotatable bonds is 10. The molecule has 3 aromatic rings. The summed E-state index contributed by atoms with van der Waals surface area (Å²) in [5.74, 6) is 1.39. The van der Waals surface area contributed by atoms with Crippen LogP contribution in [0.1, 0.15) is 0 Å². The van der Waals surface area contributed by atoms with Gasteiger partial charge in [0.1, 0.15) is 16.5 Å². The number of halogens is 1. The average molecular weight is 552 g/mol. The second kappa shape index (κ2) is 13.3. The Labute approximate surface area is 234 Å². The molecule has 0 saturated carbocycles. The summed E-state index contributed by atoms with van der Waals surface area (Å²) in [5, 5.41) is 6.27. The van der Waals surface area contributed by atoms with Crippen molar-refractivity contribution in [3.63, 3.8) is 0 Å². The van der Waals surface area contributed by atoms with Gasteiger partial charge in [-0.1, -0.05) is 23.7 Å². The topological polar surface area (TPSA) is 95.1 Å². The van der Waals surface area contributed by atoms with Gasteiger partial charge in [-0.2, -0.15) is 4.98 Å². The number of hydrogen-bond donors (Lipinski definition) is 2. The number of carbonyl (C=O) groups is 1. The lowest BCUT2D eigenvalue weighted by molar-refractivity contribution is -0.111. The summed E-state index contributed by atoms with van der Waals surface area (Å²) in [4.78, 5) is 27.6. The van der Waals surface area contributed by atoms with Crippen LogP contribution >= 0.6 is 11.6 Å². The molecule has 2 N–H and O–H groups in total. The Kier molecular flexibility index (Phi) is 9.59. The van der Waals surface area contributed by atoms with E-state index in [9.17, 15) is 4.79 Å². The zero-order valence-electron chi connectivity index (χ0n) is 22.6. The number of amides is 1. The number of anilines is 4. The number of aromatic nitrogens is 2. The predicted octanol–water partition coefficient (Wildman–Crippen LogP) is 4.48. The number of hydrogen-bond acceptors (Lipinski definition) is 9. The van der Waals surface area contributed by atoms with E-state index in [0.717, 1.165) is 37.6 Å². The number of ether oxygens (including phenoxy) is 2. The van der Waals surface area contributed by atoms with Crippen LogP contribution in [0.3, 0.4) is 0 Å². The number of methoxy groups -OCH3 is 1. The molecule has 1 aromatic heterocycles. The van der Waals surface area contributed by atoms with Crippen molar-refractivity contribution >= 4 is 40.5 Å². The third-order valence-electron chi connectivity index (χ3n) is 6.07. The van der Waals surface area contributed by atoms with Gasteiger partial charge in [-0.25, -0.2) is 4.98 Å². The molecule has 1 saturated heterocycles. The molecule has 39 heavy (non-hydrogen) atoms. The van der Waals surface area contributed by atoms with Gasteiger partial charge >= 0.3 is 0 Å². The van der Waals surface area contributed by atoms with Crippen molar-refractivity contribution < 1.29 is 14.3 Å². The Morgan fingerprint density at radius 1 is 1.15 bits per heavy atom. The number of nitrogens with one attached hydrogen (secondary N) is 2. The van der Waals surface area contributed by atoms with Crippen molar-refractivity contribution in [2.75, 3.05) is 76.5 Å². The largest absolute Gasteiger partial charge is 0.494 e. The van der Waals surface area contributed by atoms with E-state index < -0.39 is 0 Å². The number of benzene rings is 2. The monoisotopic (exact) mass is 551 g/mol. The lowest BCUT2D eigenvalue weighted by Crippen LogP contribution is -2.44. The van der Waals surface area contributed by atoms with Crippen LogP contribution in [-0.2, 0) is 4.79 Å². The Morgan fingerprint density at radius 3 is 2.69 bits per heavy atom. The molecule has 0 aliphatic carbocycles. The van der Waals surface area contributed by atoms with Crippen LogP contribution in [0.15, 0.2) is 60.8 Å². The third-order valence-corrected chi connectivity index (χ3v) is 6.33. The van der Waals surface area contributed by atoms with Crippen molar-refractivity contribution in [1.29, 1.82) is 0 Å². The molecule has 1 aliphatic heterocycles. The van der Waals surface area contributed by atoms with Crippen LogP contribution in [0.4, 0.5) is 23.0 Å². The molecule has 0 bridgehead atoms. The van der Waals surface area contributed by atoms with Gasteiger partial charge in [-0.05, 0) is 45.4 Å². The summed E-state index contributed by atoms with van der Waals surface area (Å²) in [7, 11) is 7.64. The summed E-state index contributed by atoms with van der Waals surface area (Å²) in [5.41, 5.74) is 2.41. The zero-order valence-corrected chi connectivity index (χ0v) is 23.4. The van der Waals surface area contributed by atoms with Crippen LogP contribution in [0.25, 0.3) is 0 Å². The molecule has 0 radical (unpaired) electrons. The second-order valence-corrected chi connectivity index (χ2v) is 9.84. The molecule has 0 unspecified atom stereocenters. The van der Waals surface area contributed by atoms with Gasteiger partial charge in [0.2, 0.25) is 17.7 Å². The average Bonchev–Trinajstić information content (AvgIpc) is 2.91. The number of carbonyl (C=O) groups excluding carboxylic acids is 1. The first-order valence-electron chi connectivity index (χ1n) is 12.6. The Morgan fingerprint density at radius 2 is 1.95 bits per heavy atom.